The van der Waals surface area contributed by atoms with Gasteiger partial charge in [-0.05, 0) is 36.8 Å². The highest BCUT2D eigenvalue weighted by atomic mass is 32.2. The monoisotopic (exact) mass is 447 g/mol. The second-order valence-electron chi connectivity index (χ2n) is 7.70. The summed E-state index contributed by atoms with van der Waals surface area (Å²) in [6.07, 6.45) is 0. The molecule has 0 amide bonds. The van der Waals surface area contributed by atoms with Crippen LogP contribution in [0, 0.1) is 6.92 Å². The molecule has 0 radical (unpaired) electrons. The molecule has 0 atom stereocenters. The van der Waals surface area contributed by atoms with Crippen LogP contribution in [0.1, 0.15) is 11.1 Å². The Labute approximate surface area is 188 Å². The van der Waals surface area contributed by atoms with Crippen LogP contribution >= 0.6 is 0 Å². The Morgan fingerprint density at radius 3 is 2.19 bits per heavy atom. The lowest BCUT2D eigenvalue weighted by Crippen LogP contribution is -2.18. The molecule has 0 unspecified atom stereocenters. The fourth-order valence-electron chi connectivity index (χ4n) is 3.19. The lowest BCUT2D eigenvalue weighted by Gasteiger charge is -2.13. The smallest absolute Gasteiger partial charge is 0.286 e. The van der Waals surface area contributed by atoms with Crippen LogP contribution in [0.15, 0.2) is 83.8 Å². The number of benzene rings is 3. The van der Waals surface area contributed by atoms with E-state index in [4.69, 9.17) is 0 Å². The van der Waals surface area contributed by atoms with Crippen molar-refractivity contribution in [2.45, 2.75) is 18.4 Å². The summed E-state index contributed by atoms with van der Waals surface area (Å²) in [6, 6.07) is 24.0. The van der Waals surface area contributed by atoms with Gasteiger partial charge in [0, 0.05) is 31.9 Å². The first-order valence-electron chi connectivity index (χ1n) is 10.2. The number of hydrogen-bond donors (Lipinski definition) is 1. The highest BCUT2D eigenvalue weighted by molar-refractivity contribution is 7.90. The average molecular weight is 448 g/mol. The molecule has 32 heavy (non-hydrogen) atoms. The van der Waals surface area contributed by atoms with E-state index in [0.717, 1.165) is 26.5 Å². The molecule has 0 saturated heterocycles. The first kappa shape index (κ1) is 21.6. The summed E-state index contributed by atoms with van der Waals surface area (Å²) in [6.45, 7) is 2.32. The Morgan fingerprint density at radius 2 is 1.56 bits per heavy atom. The lowest BCUT2D eigenvalue weighted by molar-refractivity contribution is 0.580. The molecule has 4 aromatic rings. The van der Waals surface area contributed by atoms with E-state index in [1.54, 1.807) is 24.3 Å². The van der Waals surface area contributed by atoms with Crippen LogP contribution in [0.2, 0.25) is 0 Å². The second kappa shape index (κ2) is 8.84. The van der Waals surface area contributed by atoms with Gasteiger partial charge in [0.25, 0.3) is 10.0 Å². The third-order valence-corrected chi connectivity index (χ3v) is 6.64. The molecule has 0 aliphatic heterocycles. The number of nitrogens with one attached hydrogen (secondary N) is 1. The molecule has 0 aliphatic rings. The number of aromatic nitrogens is 3. The van der Waals surface area contributed by atoms with Crippen LogP contribution in [0.4, 0.5) is 11.6 Å². The van der Waals surface area contributed by atoms with Crippen molar-refractivity contribution in [1.82, 2.24) is 14.2 Å². The van der Waals surface area contributed by atoms with Crippen LogP contribution in [0.5, 0.6) is 0 Å². The van der Waals surface area contributed by atoms with Gasteiger partial charge in [-0.25, -0.2) is 0 Å². The van der Waals surface area contributed by atoms with E-state index in [1.807, 2.05) is 80.5 Å². The maximum atomic E-state index is 13.4. The molecule has 0 saturated carbocycles. The summed E-state index contributed by atoms with van der Waals surface area (Å²) in [4.78, 5) is 6.68. The molecule has 0 aliphatic carbocycles. The molecule has 1 heterocycles. The third-order valence-electron chi connectivity index (χ3n) is 5.06. The molecule has 164 valence electrons. The van der Waals surface area contributed by atoms with E-state index in [-0.39, 0.29) is 10.8 Å². The van der Waals surface area contributed by atoms with Gasteiger partial charge in [0.05, 0.1) is 4.90 Å². The topological polar surface area (TPSA) is 80.1 Å². The molecule has 0 bridgehead atoms. The van der Waals surface area contributed by atoms with Crippen molar-refractivity contribution in [2.75, 3.05) is 24.3 Å². The van der Waals surface area contributed by atoms with Crippen molar-refractivity contribution in [2.24, 2.45) is 0 Å². The molecule has 1 aromatic heterocycles. The average Bonchev–Trinajstić information content (AvgIpc) is 3.24. The van der Waals surface area contributed by atoms with Crippen molar-refractivity contribution in [3.8, 4) is 11.4 Å². The van der Waals surface area contributed by atoms with Gasteiger partial charge in [0.2, 0.25) is 5.95 Å². The van der Waals surface area contributed by atoms with E-state index >= 15 is 0 Å². The van der Waals surface area contributed by atoms with Crippen LogP contribution in [0.25, 0.3) is 11.4 Å². The second-order valence-corrected chi connectivity index (χ2v) is 9.47. The van der Waals surface area contributed by atoms with Gasteiger partial charge in [-0.3, -0.25) is 0 Å². The number of anilines is 2. The number of aryl methyl sites for hydroxylation is 1. The van der Waals surface area contributed by atoms with Crippen molar-refractivity contribution in [3.05, 3.63) is 90.0 Å². The van der Waals surface area contributed by atoms with Gasteiger partial charge < -0.3 is 10.2 Å². The maximum absolute atomic E-state index is 13.4. The van der Waals surface area contributed by atoms with E-state index in [1.165, 1.54) is 0 Å². The highest BCUT2D eigenvalue weighted by Gasteiger charge is 2.24. The summed E-state index contributed by atoms with van der Waals surface area (Å²) in [5.41, 5.74) is 3.81. The first-order valence-corrected chi connectivity index (χ1v) is 11.6. The van der Waals surface area contributed by atoms with Crippen molar-refractivity contribution in [3.63, 3.8) is 0 Å². The molecule has 8 heteroatoms. The minimum absolute atomic E-state index is 0.158. The minimum atomic E-state index is -3.92. The zero-order valence-corrected chi connectivity index (χ0v) is 19.0. The molecule has 1 N–H and O–H groups in total. The van der Waals surface area contributed by atoms with Gasteiger partial charge in [-0.15, -0.1) is 9.19 Å². The predicted octanol–water partition coefficient (Wildman–Crippen LogP) is 4.17. The van der Waals surface area contributed by atoms with Crippen LogP contribution in [0.3, 0.4) is 0 Å². The van der Waals surface area contributed by atoms with Gasteiger partial charge in [0.1, 0.15) is 0 Å². The Morgan fingerprint density at radius 1 is 0.906 bits per heavy atom. The molecular weight excluding hydrogens is 422 g/mol. The van der Waals surface area contributed by atoms with Crippen molar-refractivity contribution < 1.29 is 8.42 Å². The van der Waals surface area contributed by atoms with E-state index < -0.39 is 10.0 Å². The van der Waals surface area contributed by atoms with Crippen LogP contribution in [-0.4, -0.2) is 36.7 Å². The van der Waals surface area contributed by atoms with Gasteiger partial charge >= 0.3 is 0 Å². The Kier molecular flexibility index (Phi) is 5.96. The normalized spacial score (nSPS) is 11.3. The summed E-state index contributed by atoms with van der Waals surface area (Å²) >= 11 is 0. The third kappa shape index (κ3) is 4.50. The highest BCUT2D eigenvalue weighted by Crippen LogP contribution is 2.23. The van der Waals surface area contributed by atoms with Crippen LogP contribution < -0.4 is 10.2 Å². The van der Waals surface area contributed by atoms with Crippen molar-refractivity contribution in [1.29, 1.82) is 0 Å². The summed E-state index contributed by atoms with van der Waals surface area (Å²) in [7, 11) is 0.0438. The molecule has 3 aromatic carbocycles. The zero-order chi connectivity index (χ0) is 22.7. The number of hydrogen-bond acceptors (Lipinski definition) is 6. The van der Waals surface area contributed by atoms with E-state index in [0.29, 0.717) is 12.4 Å². The van der Waals surface area contributed by atoms with Gasteiger partial charge in [-0.1, -0.05) is 60.2 Å². The van der Waals surface area contributed by atoms with Gasteiger partial charge in [0.15, 0.2) is 5.82 Å². The summed E-state index contributed by atoms with van der Waals surface area (Å²) in [5.74, 6) is 0.507. The first-order chi connectivity index (χ1) is 15.3. The molecular formula is C24H25N5O2S. The van der Waals surface area contributed by atoms with Crippen molar-refractivity contribution >= 4 is 21.7 Å². The standard InChI is InChI=1S/C24H25N5O2S/c1-18-9-15-22(16-10-18)32(30,31)29-24(26-23(27-29)20-7-5-4-6-8-20)25-17-19-11-13-21(14-12-19)28(2)3/h4-16H,17H2,1-3H3,(H,25,26,27). The quantitative estimate of drug-likeness (QED) is 0.458. The predicted molar refractivity (Wildman–Crippen MR) is 127 cm³/mol. The van der Waals surface area contributed by atoms with E-state index in [9.17, 15) is 8.42 Å². The van der Waals surface area contributed by atoms with Gasteiger partial charge in [-0.2, -0.15) is 13.4 Å². The molecule has 0 fully saturated rings. The Hall–Kier alpha value is -3.65. The van der Waals surface area contributed by atoms with E-state index in [2.05, 4.69) is 15.4 Å². The fraction of sp³-hybridized carbons (Fsp3) is 0.167. The Balaban J connectivity index is 1.70. The maximum Gasteiger partial charge on any atom is 0.286 e. The fourth-order valence-corrected chi connectivity index (χ4v) is 4.38. The zero-order valence-electron chi connectivity index (χ0n) is 18.2. The lowest BCUT2D eigenvalue weighted by atomic mass is 10.2. The minimum Gasteiger partial charge on any atom is -0.378 e. The summed E-state index contributed by atoms with van der Waals surface area (Å²) < 4.78 is 27.7. The largest absolute Gasteiger partial charge is 0.378 e. The molecule has 0 spiro atoms. The number of nitrogens with zero attached hydrogens (tertiary/aromatic N) is 4. The Bertz CT molecular complexity index is 1300. The molecule has 7 nitrogen and oxygen atoms in total. The summed E-state index contributed by atoms with van der Waals surface area (Å²) in [5, 5.41) is 7.50. The SMILES string of the molecule is Cc1ccc(S(=O)(=O)n2nc(-c3ccccc3)nc2NCc2ccc(N(C)C)cc2)cc1. The number of rotatable bonds is 7. The van der Waals surface area contributed by atoms with Crippen LogP contribution in [-0.2, 0) is 16.6 Å². The molecule has 4 rings (SSSR count).